The summed E-state index contributed by atoms with van der Waals surface area (Å²) >= 11 is 0. The summed E-state index contributed by atoms with van der Waals surface area (Å²) in [7, 11) is 0. The maximum Gasteiger partial charge on any atom is 0.0769 e. The second-order valence-electron chi connectivity index (χ2n) is 5.27. The van der Waals surface area contributed by atoms with Crippen LogP contribution >= 0.6 is 0 Å². The third-order valence-corrected chi connectivity index (χ3v) is 4.03. The van der Waals surface area contributed by atoms with Gasteiger partial charge in [-0.05, 0) is 18.9 Å². The van der Waals surface area contributed by atoms with E-state index in [4.69, 9.17) is 0 Å². The highest BCUT2D eigenvalue weighted by Gasteiger charge is 2.43. The van der Waals surface area contributed by atoms with Crippen LogP contribution in [0.3, 0.4) is 0 Å². The minimum absolute atomic E-state index is 0.500. The largest absolute Gasteiger partial charge is 0.382 e. The lowest BCUT2D eigenvalue weighted by molar-refractivity contribution is 0.582. The first-order valence-electron chi connectivity index (χ1n) is 6.22. The van der Waals surface area contributed by atoms with Crippen LogP contribution in [0.2, 0.25) is 0 Å². The molecule has 1 aromatic carbocycles. The number of fused-ring (bicyclic) bond motifs is 3. The van der Waals surface area contributed by atoms with Gasteiger partial charge in [-0.15, -0.1) is 0 Å². The molecule has 1 aliphatic heterocycles. The number of para-hydroxylation sites is 1. The SMILES string of the molecule is c1ccc2c3c(cnc2c1)NCC1(CC1)CN3. The van der Waals surface area contributed by atoms with Gasteiger partial charge >= 0.3 is 0 Å². The van der Waals surface area contributed by atoms with E-state index in [-0.39, 0.29) is 0 Å². The molecule has 2 N–H and O–H groups in total. The maximum atomic E-state index is 4.50. The first-order valence-corrected chi connectivity index (χ1v) is 6.22. The van der Waals surface area contributed by atoms with Crippen LogP contribution in [-0.4, -0.2) is 18.1 Å². The number of rotatable bonds is 0. The van der Waals surface area contributed by atoms with Crippen molar-refractivity contribution in [1.82, 2.24) is 4.98 Å². The van der Waals surface area contributed by atoms with Gasteiger partial charge in [0.15, 0.2) is 0 Å². The van der Waals surface area contributed by atoms with Crippen molar-refractivity contribution >= 4 is 22.3 Å². The van der Waals surface area contributed by atoms with Gasteiger partial charge in [-0.3, -0.25) is 4.98 Å². The van der Waals surface area contributed by atoms with Crippen molar-refractivity contribution in [3.8, 4) is 0 Å². The van der Waals surface area contributed by atoms with Crippen molar-refractivity contribution in [2.75, 3.05) is 23.7 Å². The van der Waals surface area contributed by atoms with E-state index < -0.39 is 0 Å². The van der Waals surface area contributed by atoms with Crippen LogP contribution < -0.4 is 10.6 Å². The zero-order chi connectivity index (χ0) is 11.3. The van der Waals surface area contributed by atoms with Crippen LogP contribution in [0.1, 0.15) is 12.8 Å². The fourth-order valence-electron chi connectivity index (χ4n) is 2.62. The molecule has 2 heterocycles. The lowest BCUT2D eigenvalue weighted by atomic mass is 10.1. The molecule has 0 amide bonds. The molecular weight excluding hydrogens is 210 g/mol. The maximum absolute atomic E-state index is 4.50. The molecule has 1 fully saturated rings. The Morgan fingerprint density at radius 2 is 1.88 bits per heavy atom. The summed E-state index contributed by atoms with van der Waals surface area (Å²) < 4.78 is 0. The second kappa shape index (κ2) is 3.13. The molecule has 0 radical (unpaired) electrons. The molecule has 0 bridgehead atoms. The number of benzene rings is 1. The van der Waals surface area contributed by atoms with Gasteiger partial charge in [0, 0.05) is 23.9 Å². The highest BCUT2D eigenvalue weighted by molar-refractivity contribution is 5.97. The third kappa shape index (κ3) is 1.38. The highest BCUT2D eigenvalue weighted by Crippen LogP contribution is 2.48. The predicted octanol–water partition coefficient (Wildman–Crippen LogP) is 2.85. The van der Waals surface area contributed by atoms with Crippen molar-refractivity contribution < 1.29 is 0 Å². The molecule has 1 aliphatic carbocycles. The van der Waals surface area contributed by atoms with Gasteiger partial charge in [0.05, 0.1) is 23.1 Å². The Bertz CT molecular complexity index is 587. The van der Waals surface area contributed by atoms with E-state index in [9.17, 15) is 0 Å². The fraction of sp³-hybridized carbons (Fsp3) is 0.357. The molecule has 2 aliphatic rings. The van der Waals surface area contributed by atoms with E-state index in [1.807, 2.05) is 12.3 Å². The van der Waals surface area contributed by atoms with Gasteiger partial charge in [0.1, 0.15) is 0 Å². The number of anilines is 2. The fourth-order valence-corrected chi connectivity index (χ4v) is 2.62. The number of aromatic nitrogens is 1. The quantitative estimate of drug-likeness (QED) is 0.724. The summed E-state index contributed by atoms with van der Waals surface area (Å²) in [4.78, 5) is 4.50. The Kier molecular flexibility index (Phi) is 1.71. The summed E-state index contributed by atoms with van der Waals surface area (Å²) in [5.74, 6) is 0. The lowest BCUT2D eigenvalue weighted by Gasteiger charge is -2.11. The molecule has 0 atom stereocenters. The van der Waals surface area contributed by atoms with E-state index in [1.54, 1.807) is 0 Å². The minimum Gasteiger partial charge on any atom is -0.382 e. The number of hydrogen-bond donors (Lipinski definition) is 2. The van der Waals surface area contributed by atoms with E-state index in [1.165, 1.54) is 23.9 Å². The number of hydrogen-bond acceptors (Lipinski definition) is 3. The Morgan fingerprint density at radius 3 is 2.76 bits per heavy atom. The average molecular weight is 225 g/mol. The molecule has 3 nitrogen and oxygen atoms in total. The van der Waals surface area contributed by atoms with E-state index >= 15 is 0 Å². The third-order valence-electron chi connectivity index (χ3n) is 4.03. The van der Waals surface area contributed by atoms with Crippen molar-refractivity contribution in [3.05, 3.63) is 30.5 Å². The normalized spacial score (nSPS) is 20.2. The summed E-state index contributed by atoms with van der Waals surface area (Å²) in [5.41, 5.74) is 3.93. The average Bonchev–Trinajstić information content (AvgIpc) is 3.17. The first kappa shape index (κ1) is 9.28. The smallest absolute Gasteiger partial charge is 0.0769 e. The number of pyridine rings is 1. The second-order valence-corrected chi connectivity index (χ2v) is 5.27. The van der Waals surface area contributed by atoms with E-state index in [0.717, 1.165) is 24.3 Å². The summed E-state index contributed by atoms with van der Waals surface area (Å²) in [5, 5.41) is 8.38. The van der Waals surface area contributed by atoms with Crippen LogP contribution in [0.15, 0.2) is 30.5 Å². The molecule has 2 aromatic rings. The van der Waals surface area contributed by atoms with Gasteiger partial charge in [0.2, 0.25) is 0 Å². The zero-order valence-electron chi connectivity index (χ0n) is 9.66. The minimum atomic E-state index is 0.500. The van der Waals surface area contributed by atoms with Crippen LogP contribution in [0.25, 0.3) is 10.9 Å². The zero-order valence-corrected chi connectivity index (χ0v) is 9.66. The Hall–Kier alpha value is -1.77. The molecule has 0 saturated heterocycles. The topological polar surface area (TPSA) is 37.0 Å². The number of nitrogens with one attached hydrogen (secondary N) is 2. The Balaban J connectivity index is 1.87. The summed E-state index contributed by atoms with van der Waals surface area (Å²) in [6.45, 7) is 2.16. The van der Waals surface area contributed by atoms with Crippen LogP contribution in [0.5, 0.6) is 0 Å². The van der Waals surface area contributed by atoms with Crippen LogP contribution in [0.4, 0.5) is 11.4 Å². The monoisotopic (exact) mass is 225 g/mol. The van der Waals surface area contributed by atoms with Crippen molar-refractivity contribution in [1.29, 1.82) is 0 Å². The molecule has 4 rings (SSSR count). The molecule has 0 unspecified atom stereocenters. The van der Waals surface area contributed by atoms with Gasteiger partial charge in [0.25, 0.3) is 0 Å². The van der Waals surface area contributed by atoms with Gasteiger partial charge in [-0.25, -0.2) is 0 Å². The standard InChI is InChI=1S/C14H15N3/c1-2-4-11-10(3-1)13-12(7-15-11)16-8-14(5-6-14)9-17-13/h1-4,7,16-17H,5-6,8-9H2. The van der Waals surface area contributed by atoms with E-state index in [2.05, 4.69) is 33.8 Å². The molecular formula is C14H15N3. The Labute approximate surface area is 100 Å². The van der Waals surface area contributed by atoms with Crippen LogP contribution in [0, 0.1) is 5.41 Å². The summed E-state index contributed by atoms with van der Waals surface area (Å²) in [6.07, 6.45) is 4.63. The van der Waals surface area contributed by atoms with E-state index in [0.29, 0.717) is 5.41 Å². The molecule has 1 aromatic heterocycles. The predicted molar refractivity (Wildman–Crippen MR) is 70.4 cm³/mol. The number of nitrogens with zero attached hydrogens (tertiary/aromatic N) is 1. The molecule has 1 saturated carbocycles. The molecule has 17 heavy (non-hydrogen) atoms. The van der Waals surface area contributed by atoms with Crippen molar-refractivity contribution in [2.24, 2.45) is 5.41 Å². The lowest BCUT2D eigenvalue weighted by Crippen LogP contribution is -2.19. The molecule has 3 heteroatoms. The van der Waals surface area contributed by atoms with Gasteiger partial charge < -0.3 is 10.6 Å². The van der Waals surface area contributed by atoms with Crippen LogP contribution in [-0.2, 0) is 0 Å². The molecule has 86 valence electrons. The Morgan fingerprint density at radius 1 is 1.06 bits per heavy atom. The highest BCUT2D eigenvalue weighted by atomic mass is 15.0. The molecule has 1 spiro atoms. The van der Waals surface area contributed by atoms with Gasteiger partial charge in [-0.1, -0.05) is 18.2 Å². The summed E-state index contributed by atoms with van der Waals surface area (Å²) in [6, 6.07) is 8.31. The van der Waals surface area contributed by atoms with Crippen molar-refractivity contribution in [2.45, 2.75) is 12.8 Å². The van der Waals surface area contributed by atoms with Gasteiger partial charge in [-0.2, -0.15) is 0 Å². The first-order chi connectivity index (χ1) is 8.36. The van der Waals surface area contributed by atoms with Crippen molar-refractivity contribution in [3.63, 3.8) is 0 Å².